The van der Waals surface area contributed by atoms with Crippen LogP contribution < -0.4 is 5.32 Å². The van der Waals surface area contributed by atoms with Crippen LogP contribution in [0.15, 0.2) is 30.3 Å². The van der Waals surface area contributed by atoms with Gasteiger partial charge in [0.15, 0.2) is 12.3 Å². The van der Waals surface area contributed by atoms with Gasteiger partial charge in [-0.25, -0.2) is 9.48 Å². The van der Waals surface area contributed by atoms with Crippen LogP contribution in [-0.2, 0) is 22.4 Å². The second-order valence-corrected chi connectivity index (χ2v) is 5.40. The molecule has 0 atom stereocenters. The average Bonchev–Trinajstić information content (AvgIpc) is 3.16. The first-order valence-corrected chi connectivity index (χ1v) is 7.80. The lowest BCUT2D eigenvalue weighted by molar-refractivity contribution is -0.124. The molecule has 2 aromatic rings. The third-order valence-corrected chi connectivity index (χ3v) is 3.83. The fourth-order valence-corrected chi connectivity index (χ4v) is 2.83. The molecule has 23 heavy (non-hydrogen) atoms. The van der Waals surface area contributed by atoms with Gasteiger partial charge >= 0.3 is 5.97 Å². The Morgan fingerprint density at radius 3 is 2.78 bits per heavy atom. The van der Waals surface area contributed by atoms with Crippen LogP contribution >= 0.6 is 0 Å². The molecule has 6 nitrogen and oxygen atoms in total. The van der Waals surface area contributed by atoms with Crippen LogP contribution in [0.2, 0.25) is 0 Å². The Labute approximate surface area is 134 Å². The van der Waals surface area contributed by atoms with Crippen molar-refractivity contribution < 1.29 is 14.3 Å². The fraction of sp³-hybridized carbons (Fsp3) is 0.353. The Morgan fingerprint density at radius 1 is 1.26 bits per heavy atom. The first-order valence-electron chi connectivity index (χ1n) is 7.80. The van der Waals surface area contributed by atoms with Gasteiger partial charge in [0.2, 0.25) is 0 Å². The first kappa shape index (κ1) is 15.3. The standard InChI is InChI=1S/C17H19N3O3/c1-2-18-15(21)11-23-17(22)16-13-9-6-10-14(13)20(19-16)12-7-4-3-5-8-12/h3-5,7-8H,2,6,9-11H2,1H3,(H,18,21). The highest BCUT2D eigenvalue weighted by Crippen LogP contribution is 2.28. The molecule has 1 aliphatic carbocycles. The van der Waals surface area contributed by atoms with Crippen molar-refractivity contribution in [1.29, 1.82) is 0 Å². The fourth-order valence-electron chi connectivity index (χ4n) is 2.83. The maximum absolute atomic E-state index is 12.3. The van der Waals surface area contributed by atoms with E-state index in [1.807, 2.05) is 41.9 Å². The van der Waals surface area contributed by atoms with Gasteiger partial charge < -0.3 is 10.1 Å². The predicted octanol–water partition coefficient (Wildman–Crippen LogP) is 1.65. The third-order valence-electron chi connectivity index (χ3n) is 3.83. The highest BCUT2D eigenvalue weighted by molar-refractivity contribution is 5.91. The van der Waals surface area contributed by atoms with Crippen LogP contribution in [0, 0.1) is 0 Å². The van der Waals surface area contributed by atoms with E-state index >= 15 is 0 Å². The van der Waals surface area contributed by atoms with Gasteiger partial charge in [-0.3, -0.25) is 4.79 Å². The Hall–Kier alpha value is -2.63. The minimum atomic E-state index is -0.538. The van der Waals surface area contributed by atoms with E-state index in [-0.39, 0.29) is 12.5 Å². The van der Waals surface area contributed by atoms with Gasteiger partial charge in [-0.1, -0.05) is 18.2 Å². The van der Waals surface area contributed by atoms with Crippen molar-refractivity contribution in [2.45, 2.75) is 26.2 Å². The summed E-state index contributed by atoms with van der Waals surface area (Å²) in [6, 6.07) is 9.72. The largest absolute Gasteiger partial charge is 0.451 e. The Bertz CT molecular complexity index is 722. The van der Waals surface area contributed by atoms with Crippen molar-refractivity contribution in [3.8, 4) is 5.69 Å². The number of carbonyl (C=O) groups excluding carboxylic acids is 2. The summed E-state index contributed by atoms with van der Waals surface area (Å²) in [4.78, 5) is 23.7. The number of ether oxygens (including phenoxy) is 1. The van der Waals surface area contributed by atoms with Gasteiger partial charge in [-0.15, -0.1) is 0 Å². The molecule has 0 bridgehead atoms. The molecule has 1 aromatic heterocycles. The Kier molecular flexibility index (Phi) is 4.41. The number of fused-ring (bicyclic) bond motifs is 1. The molecule has 0 saturated heterocycles. The molecule has 0 aliphatic heterocycles. The number of benzene rings is 1. The number of esters is 1. The molecule has 3 rings (SSSR count). The van der Waals surface area contributed by atoms with Crippen LogP contribution in [0.1, 0.15) is 35.1 Å². The lowest BCUT2D eigenvalue weighted by atomic mass is 10.2. The average molecular weight is 313 g/mol. The molecule has 0 fully saturated rings. The molecule has 1 aliphatic rings. The number of nitrogens with zero attached hydrogens (tertiary/aromatic N) is 2. The molecule has 1 amide bonds. The summed E-state index contributed by atoms with van der Waals surface area (Å²) in [6.07, 6.45) is 2.70. The third kappa shape index (κ3) is 3.11. The number of aromatic nitrogens is 2. The molecule has 0 saturated carbocycles. The molecule has 0 spiro atoms. The van der Waals surface area contributed by atoms with Crippen molar-refractivity contribution >= 4 is 11.9 Å². The number of hydrogen-bond donors (Lipinski definition) is 1. The molecule has 6 heteroatoms. The van der Waals surface area contributed by atoms with Crippen LogP contribution in [-0.4, -0.2) is 34.8 Å². The van der Waals surface area contributed by atoms with Gasteiger partial charge in [0.1, 0.15) is 0 Å². The van der Waals surface area contributed by atoms with Crippen molar-refractivity contribution in [3.05, 3.63) is 47.3 Å². The Morgan fingerprint density at radius 2 is 2.04 bits per heavy atom. The van der Waals surface area contributed by atoms with Gasteiger partial charge in [0.05, 0.1) is 5.69 Å². The lowest BCUT2D eigenvalue weighted by Gasteiger charge is -2.05. The zero-order valence-electron chi connectivity index (χ0n) is 13.0. The normalized spacial score (nSPS) is 12.7. The highest BCUT2D eigenvalue weighted by atomic mass is 16.5. The predicted molar refractivity (Wildman–Crippen MR) is 84.6 cm³/mol. The summed E-state index contributed by atoms with van der Waals surface area (Å²) in [5.74, 6) is -0.843. The maximum atomic E-state index is 12.3. The number of nitrogens with one attached hydrogen (secondary N) is 1. The zero-order valence-corrected chi connectivity index (χ0v) is 13.0. The van der Waals surface area contributed by atoms with E-state index in [0.717, 1.165) is 36.2 Å². The van der Waals surface area contributed by atoms with Crippen LogP contribution in [0.3, 0.4) is 0 Å². The van der Waals surface area contributed by atoms with Crippen LogP contribution in [0.4, 0.5) is 0 Å². The summed E-state index contributed by atoms with van der Waals surface area (Å²) in [5.41, 5.74) is 3.25. The molecule has 0 radical (unpaired) electrons. The molecular weight excluding hydrogens is 294 g/mol. The summed E-state index contributed by atoms with van der Waals surface area (Å²) >= 11 is 0. The van der Waals surface area contributed by atoms with Crippen molar-refractivity contribution in [2.24, 2.45) is 0 Å². The molecule has 120 valence electrons. The zero-order chi connectivity index (χ0) is 16.2. The molecule has 1 heterocycles. The second kappa shape index (κ2) is 6.64. The number of carbonyl (C=O) groups is 2. The monoisotopic (exact) mass is 313 g/mol. The van der Waals surface area contributed by atoms with Crippen molar-refractivity contribution in [1.82, 2.24) is 15.1 Å². The van der Waals surface area contributed by atoms with Gasteiger partial charge in [-0.2, -0.15) is 5.10 Å². The number of amides is 1. The molecule has 1 aromatic carbocycles. The summed E-state index contributed by atoms with van der Waals surface area (Å²) < 4.78 is 6.90. The van der Waals surface area contributed by atoms with E-state index in [9.17, 15) is 9.59 Å². The smallest absolute Gasteiger partial charge is 0.359 e. The van der Waals surface area contributed by atoms with E-state index in [4.69, 9.17) is 4.74 Å². The summed E-state index contributed by atoms with van der Waals surface area (Å²) in [5, 5.41) is 7.03. The SMILES string of the molecule is CCNC(=O)COC(=O)c1nn(-c2ccccc2)c2c1CCC2. The highest BCUT2D eigenvalue weighted by Gasteiger charge is 2.28. The van der Waals surface area contributed by atoms with Crippen molar-refractivity contribution in [2.75, 3.05) is 13.2 Å². The van der Waals surface area contributed by atoms with Crippen LogP contribution in [0.25, 0.3) is 5.69 Å². The van der Waals surface area contributed by atoms with E-state index in [1.165, 1.54) is 0 Å². The quantitative estimate of drug-likeness (QED) is 0.852. The number of rotatable bonds is 5. The van der Waals surface area contributed by atoms with Crippen LogP contribution in [0.5, 0.6) is 0 Å². The van der Waals surface area contributed by atoms with Crippen molar-refractivity contribution in [3.63, 3.8) is 0 Å². The molecule has 1 N–H and O–H groups in total. The maximum Gasteiger partial charge on any atom is 0.359 e. The first-order chi connectivity index (χ1) is 11.2. The van der Waals surface area contributed by atoms with E-state index in [0.29, 0.717) is 12.2 Å². The summed E-state index contributed by atoms with van der Waals surface area (Å²) in [6.45, 7) is 2.04. The van der Waals surface area contributed by atoms with E-state index < -0.39 is 5.97 Å². The van der Waals surface area contributed by atoms with E-state index in [2.05, 4.69) is 10.4 Å². The number of likely N-dealkylation sites (N-methyl/N-ethyl adjacent to an activating group) is 1. The van der Waals surface area contributed by atoms with Gasteiger partial charge in [0.25, 0.3) is 5.91 Å². The number of para-hydroxylation sites is 1. The molecular formula is C17H19N3O3. The van der Waals surface area contributed by atoms with Gasteiger partial charge in [0, 0.05) is 17.8 Å². The minimum Gasteiger partial charge on any atom is -0.451 e. The molecule has 0 unspecified atom stereocenters. The minimum absolute atomic E-state index is 0.278. The Balaban J connectivity index is 1.83. The number of hydrogen-bond acceptors (Lipinski definition) is 4. The summed E-state index contributed by atoms with van der Waals surface area (Å²) in [7, 11) is 0. The lowest BCUT2D eigenvalue weighted by Crippen LogP contribution is -2.28. The van der Waals surface area contributed by atoms with Gasteiger partial charge in [-0.05, 0) is 38.3 Å². The topological polar surface area (TPSA) is 73.2 Å². The second-order valence-electron chi connectivity index (χ2n) is 5.40. The van der Waals surface area contributed by atoms with E-state index in [1.54, 1.807) is 0 Å².